The summed E-state index contributed by atoms with van der Waals surface area (Å²) in [5, 5.41) is 3.20. The number of rotatable bonds is 4. The van der Waals surface area contributed by atoms with Gasteiger partial charge < -0.3 is 10.2 Å². The van der Waals surface area contributed by atoms with E-state index in [1.165, 1.54) is 0 Å². The number of piperidine rings is 1. The largest absolute Gasteiger partial charge is 0.356 e. The maximum Gasteiger partial charge on any atom is 0.223 e. The lowest BCUT2D eigenvalue weighted by Gasteiger charge is -2.33. The molecule has 4 rings (SSSR count). The molecular weight excluding hydrogens is 314 g/mol. The fourth-order valence-corrected chi connectivity index (χ4v) is 3.26. The van der Waals surface area contributed by atoms with E-state index in [2.05, 4.69) is 20.2 Å². The number of nitrogens with one attached hydrogen (secondary N) is 1. The Morgan fingerprint density at radius 1 is 1.12 bits per heavy atom. The number of hydrogen-bond donors (Lipinski definition) is 1. The van der Waals surface area contributed by atoms with Crippen LogP contribution in [0.4, 0.5) is 5.82 Å². The number of carbonyl (C=O) groups excluding carboxylic acids is 1. The molecule has 25 heavy (non-hydrogen) atoms. The highest BCUT2D eigenvalue weighted by Gasteiger charge is 2.31. The second kappa shape index (κ2) is 6.78. The first-order valence-corrected chi connectivity index (χ1v) is 9.00. The smallest absolute Gasteiger partial charge is 0.223 e. The molecule has 1 saturated heterocycles. The Bertz CT molecular complexity index is 752. The van der Waals surface area contributed by atoms with Gasteiger partial charge in [0.15, 0.2) is 5.82 Å². The molecule has 0 radical (unpaired) electrons. The highest BCUT2D eigenvalue weighted by atomic mass is 16.2. The molecule has 1 aliphatic heterocycles. The molecule has 1 saturated carbocycles. The van der Waals surface area contributed by atoms with Gasteiger partial charge in [-0.05, 0) is 44.7 Å². The molecule has 0 atom stereocenters. The topological polar surface area (TPSA) is 71.0 Å². The van der Waals surface area contributed by atoms with Crippen LogP contribution in [0, 0.1) is 12.8 Å². The van der Waals surface area contributed by atoms with Crippen molar-refractivity contribution in [2.75, 3.05) is 18.0 Å². The van der Waals surface area contributed by atoms with Gasteiger partial charge in [0.2, 0.25) is 5.91 Å². The van der Waals surface area contributed by atoms with Crippen LogP contribution >= 0.6 is 0 Å². The van der Waals surface area contributed by atoms with Crippen LogP contribution in [-0.4, -0.2) is 40.0 Å². The average Bonchev–Trinajstić information content (AvgIpc) is 3.48. The quantitative estimate of drug-likeness (QED) is 0.927. The molecule has 0 spiro atoms. The lowest BCUT2D eigenvalue weighted by molar-refractivity contribution is -0.123. The Morgan fingerprint density at radius 3 is 2.52 bits per heavy atom. The van der Waals surface area contributed by atoms with E-state index in [0.717, 1.165) is 61.7 Å². The van der Waals surface area contributed by atoms with Crippen LogP contribution in [0.3, 0.4) is 0 Å². The Balaban J connectivity index is 1.44. The van der Waals surface area contributed by atoms with Crippen molar-refractivity contribution < 1.29 is 4.79 Å². The molecule has 2 fully saturated rings. The van der Waals surface area contributed by atoms with Gasteiger partial charge in [-0.1, -0.05) is 0 Å². The lowest BCUT2D eigenvalue weighted by Crippen LogP contribution is -2.45. The molecule has 1 aliphatic carbocycles. The van der Waals surface area contributed by atoms with E-state index in [9.17, 15) is 4.79 Å². The van der Waals surface area contributed by atoms with Gasteiger partial charge in [0.05, 0.1) is 0 Å². The van der Waals surface area contributed by atoms with Gasteiger partial charge in [0.25, 0.3) is 0 Å². The monoisotopic (exact) mass is 337 g/mol. The number of pyridine rings is 1. The van der Waals surface area contributed by atoms with Gasteiger partial charge in [-0.15, -0.1) is 0 Å². The minimum absolute atomic E-state index is 0.247. The predicted molar refractivity (Wildman–Crippen MR) is 96.1 cm³/mol. The van der Waals surface area contributed by atoms with E-state index in [1.54, 1.807) is 12.4 Å². The van der Waals surface area contributed by atoms with Crippen molar-refractivity contribution in [2.45, 2.75) is 38.6 Å². The SMILES string of the molecule is Cc1cc(N2CCC(NC(=O)C3CC3)CC2)nc(-c2ccncc2)n1. The van der Waals surface area contributed by atoms with Gasteiger partial charge >= 0.3 is 0 Å². The third-order valence-corrected chi connectivity index (χ3v) is 4.89. The number of carbonyl (C=O) groups is 1. The van der Waals surface area contributed by atoms with Crippen molar-refractivity contribution in [3.05, 3.63) is 36.3 Å². The molecule has 6 heteroatoms. The number of aromatic nitrogens is 3. The van der Waals surface area contributed by atoms with E-state index in [0.29, 0.717) is 6.04 Å². The highest BCUT2D eigenvalue weighted by molar-refractivity contribution is 5.81. The Kier molecular flexibility index (Phi) is 4.34. The van der Waals surface area contributed by atoms with Crippen LogP contribution in [0.15, 0.2) is 30.6 Å². The van der Waals surface area contributed by atoms with Crippen molar-refractivity contribution in [1.29, 1.82) is 0 Å². The molecule has 6 nitrogen and oxygen atoms in total. The van der Waals surface area contributed by atoms with Crippen LogP contribution in [-0.2, 0) is 4.79 Å². The third kappa shape index (κ3) is 3.78. The molecule has 130 valence electrons. The number of amides is 1. The zero-order valence-corrected chi connectivity index (χ0v) is 14.5. The standard InChI is InChI=1S/C19H23N5O/c1-13-12-17(23-18(21-13)14-4-8-20-9-5-14)24-10-6-16(7-11-24)22-19(25)15-2-3-15/h4-5,8-9,12,15-16H,2-3,6-7,10-11H2,1H3,(H,22,25). The molecule has 0 bridgehead atoms. The fraction of sp³-hybridized carbons (Fsp3) is 0.474. The molecule has 1 N–H and O–H groups in total. The van der Waals surface area contributed by atoms with E-state index < -0.39 is 0 Å². The summed E-state index contributed by atoms with van der Waals surface area (Å²) in [6.45, 7) is 3.81. The summed E-state index contributed by atoms with van der Waals surface area (Å²) in [5.74, 6) is 2.23. The zero-order chi connectivity index (χ0) is 17.2. The van der Waals surface area contributed by atoms with Crippen LogP contribution in [0.5, 0.6) is 0 Å². The summed E-state index contributed by atoms with van der Waals surface area (Å²) in [4.78, 5) is 27.6. The molecule has 0 unspecified atom stereocenters. The summed E-state index contributed by atoms with van der Waals surface area (Å²) >= 11 is 0. The Morgan fingerprint density at radius 2 is 1.84 bits per heavy atom. The maximum absolute atomic E-state index is 11.9. The number of aryl methyl sites for hydroxylation is 1. The van der Waals surface area contributed by atoms with Crippen molar-refractivity contribution in [3.8, 4) is 11.4 Å². The van der Waals surface area contributed by atoms with Crippen molar-refractivity contribution in [1.82, 2.24) is 20.3 Å². The third-order valence-electron chi connectivity index (χ3n) is 4.89. The van der Waals surface area contributed by atoms with Crippen LogP contribution in [0.1, 0.15) is 31.4 Å². The normalized spacial score (nSPS) is 18.2. The maximum atomic E-state index is 11.9. The second-order valence-corrected chi connectivity index (χ2v) is 6.97. The lowest BCUT2D eigenvalue weighted by atomic mass is 10.0. The van der Waals surface area contributed by atoms with E-state index in [-0.39, 0.29) is 11.8 Å². The summed E-state index contributed by atoms with van der Waals surface area (Å²) < 4.78 is 0. The van der Waals surface area contributed by atoms with Crippen molar-refractivity contribution in [3.63, 3.8) is 0 Å². The fourth-order valence-electron chi connectivity index (χ4n) is 3.26. The number of anilines is 1. The van der Waals surface area contributed by atoms with Gasteiger partial charge in [0, 0.05) is 54.8 Å². The first kappa shape index (κ1) is 16.0. The number of nitrogens with zero attached hydrogens (tertiary/aromatic N) is 4. The van der Waals surface area contributed by atoms with Gasteiger partial charge in [-0.3, -0.25) is 9.78 Å². The molecule has 0 aromatic carbocycles. The zero-order valence-electron chi connectivity index (χ0n) is 14.5. The molecule has 2 aromatic rings. The Hall–Kier alpha value is -2.50. The molecule has 2 aromatic heterocycles. The first-order chi connectivity index (χ1) is 12.2. The molecule has 3 heterocycles. The molecule has 2 aliphatic rings. The molecular formula is C19H23N5O. The first-order valence-electron chi connectivity index (χ1n) is 9.00. The summed E-state index contributed by atoms with van der Waals surface area (Å²) in [6.07, 6.45) is 7.56. The highest BCUT2D eigenvalue weighted by Crippen LogP contribution is 2.29. The summed E-state index contributed by atoms with van der Waals surface area (Å²) in [6, 6.07) is 6.19. The summed E-state index contributed by atoms with van der Waals surface area (Å²) in [5.41, 5.74) is 1.94. The van der Waals surface area contributed by atoms with E-state index >= 15 is 0 Å². The van der Waals surface area contributed by atoms with Crippen LogP contribution in [0.2, 0.25) is 0 Å². The van der Waals surface area contributed by atoms with Gasteiger partial charge in [-0.2, -0.15) is 0 Å². The van der Waals surface area contributed by atoms with Gasteiger partial charge in [0.1, 0.15) is 5.82 Å². The second-order valence-electron chi connectivity index (χ2n) is 6.97. The molecule has 1 amide bonds. The predicted octanol–water partition coefficient (Wildman–Crippen LogP) is 2.34. The number of hydrogen-bond acceptors (Lipinski definition) is 5. The average molecular weight is 337 g/mol. The van der Waals surface area contributed by atoms with Crippen LogP contribution < -0.4 is 10.2 Å². The van der Waals surface area contributed by atoms with Gasteiger partial charge in [-0.25, -0.2) is 9.97 Å². The summed E-state index contributed by atoms with van der Waals surface area (Å²) in [7, 11) is 0. The van der Waals surface area contributed by atoms with Crippen LogP contribution in [0.25, 0.3) is 11.4 Å². The minimum atomic E-state index is 0.247. The van der Waals surface area contributed by atoms with Crippen molar-refractivity contribution in [2.24, 2.45) is 5.92 Å². The Labute approximate surface area is 147 Å². The van der Waals surface area contributed by atoms with E-state index in [4.69, 9.17) is 4.98 Å². The minimum Gasteiger partial charge on any atom is -0.356 e. The van der Waals surface area contributed by atoms with Crippen molar-refractivity contribution >= 4 is 11.7 Å². The van der Waals surface area contributed by atoms with E-state index in [1.807, 2.05) is 25.1 Å².